The van der Waals surface area contributed by atoms with Crippen LogP contribution in [0.1, 0.15) is 52.5 Å². The van der Waals surface area contributed by atoms with Gasteiger partial charge >= 0.3 is 5.97 Å². The van der Waals surface area contributed by atoms with Gasteiger partial charge in [0.05, 0.1) is 22.6 Å². The Morgan fingerprint density at radius 2 is 1.72 bits per heavy atom. The Hall–Kier alpha value is -4.06. The molecule has 1 fully saturated rings. The molecule has 0 spiro atoms. The molecule has 1 aliphatic heterocycles. The van der Waals surface area contributed by atoms with Crippen molar-refractivity contribution in [3.63, 3.8) is 0 Å². The summed E-state index contributed by atoms with van der Waals surface area (Å²) in [7, 11) is 0. The number of fused-ring (bicyclic) bond motifs is 1. The van der Waals surface area contributed by atoms with E-state index in [1.807, 2.05) is 39.0 Å². The quantitative estimate of drug-likeness (QED) is 0.348. The van der Waals surface area contributed by atoms with E-state index >= 15 is 0 Å². The highest BCUT2D eigenvalue weighted by Crippen LogP contribution is 2.40. The molecule has 0 amide bonds. The first-order valence-electron chi connectivity index (χ1n) is 12.2. The molecular weight excluding hydrogens is 452 g/mol. The van der Waals surface area contributed by atoms with E-state index in [9.17, 15) is 14.7 Å². The summed E-state index contributed by atoms with van der Waals surface area (Å²) in [4.78, 5) is 27.3. The van der Waals surface area contributed by atoms with Gasteiger partial charge in [-0.3, -0.25) is 4.79 Å². The number of nitrogens with one attached hydrogen (secondary N) is 1. The number of carboxylic acid groups (broad SMARTS) is 1. The predicted octanol–water partition coefficient (Wildman–Crippen LogP) is 6.06. The summed E-state index contributed by atoms with van der Waals surface area (Å²) in [5.74, 6) is -0.396. The smallest absolute Gasteiger partial charge is 0.337 e. The number of nitrogens with zero attached hydrogens (tertiary/aromatic N) is 1. The molecule has 0 aliphatic carbocycles. The van der Waals surface area contributed by atoms with Crippen LogP contribution in [0, 0.1) is 13.8 Å². The van der Waals surface area contributed by atoms with E-state index in [0.717, 1.165) is 24.2 Å². The van der Waals surface area contributed by atoms with Crippen LogP contribution in [0.5, 0.6) is 0 Å². The summed E-state index contributed by atoms with van der Waals surface area (Å²) in [6.45, 7) is 9.47. The fourth-order valence-corrected chi connectivity index (χ4v) is 5.25. The average Bonchev–Trinajstić information content (AvgIpc) is 2.85. The molecule has 1 atom stereocenters. The van der Waals surface area contributed by atoms with Crippen molar-refractivity contribution in [2.75, 3.05) is 23.3 Å². The van der Waals surface area contributed by atoms with Crippen molar-refractivity contribution in [2.45, 2.75) is 39.2 Å². The molecule has 6 heteroatoms. The number of carbonyl (C=O) groups is 1. The minimum absolute atomic E-state index is 0.00722. The van der Waals surface area contributed by atoms with Crippen LogP contribution in [0.4, 0.5) is 11.6 Å². The van der Waals surface area contributed by atoms with Crippen molar-refractivity contribution in [3.8, 4) is 0 Å². The first-order valence-corrected chi connectivity index (χ1v) is 12.2. The molecule has 36 heavy (non-hydrogen) atoms. The van der Waals surface area contributed by atoms with E-state index < -0.39 is 5.97 Å². The van der Waals surface area contributed by atoms with Crippen molar-refractivity contribution in [3.05, 3.63) is 105 Å². The first-order chi connectivity index (χ1) is 17.2. The van der Waals surface area contributed by atoms with E-state index in [2.05, 4.69) is 41.4 Å². The summed E-state index contributed by atoms with van der Waals surface area (Å²) >= 11 is 0. The van der Waals surface area contributed by atoms with Crippen molar-refractivity contribution in [2.24, 2.45) is 0 Å². The van der Waals surface area contributed by atoms with Crippen LogP contribution in [-0.4, -0.2) is 24.2 Å². The summed E-state index contributed by atoms with van der Waals surface area (Å²) in [5, 5.41) is 13.4. The maximum absolute atomic E-state index is 13.5. The van der Waals surface area contributed by atoms with Gasteiger partial charge in [0.1, 0.15) is 5.58 Å². The Kier molecular flexibility index (Phi) is 5.83. The zero-order chi connectivity index (χ0) is 25.6. The number of hydrogen-bond acceptors (Lipinski definition) is 5. The lowest BCUT2D eigenvalue weighted by Crippen LogP contribution is -2.58. The molecule has 3 aromatic carbocycles. The monoisotopic (exact) mass is 482 g/mol. The zero-order valence-electron chi connectivity index (χ0n) is 21.0. The van der Waals surface area contributed by atoms with Crippen LogP contribution in [-0.2, 0) is 5.41 Å². The van der Waals surface area contributed by atoms with Crippen LogP contribution in [0.3, 0.4) is 0 Å². The fraction of sp³-hybridized carbons (Fsp3) is 0.267. The second-order valence-corrected chi connectivity index (χ2v) is 10.1. The van der Waals surface area contributed by atoms with Crippen molar-refractivity contribution < 1.29 is 14.3 Å². The fourth-order valence-electron chi connectivity index (χ4n) is 5.25. The largest absolute Gasteiger partial charge is 0.478 e. The van der Waals surface area contributed by atoms with E-state index in [0.29, 0.717) is 28.1 Å². The predicted molar refractivity (Wildman–Crippen MR) is 143 cm³/mol. The second-order valence-electron chi connectivity index (χ2n) is 10.1. The number of hydrogen-bond donors (Lipinski definition) is 2. The lowest BCUT2D eigenvalue weighted by atomic mass is 9.75. The Balaban J connectivity index is 1.54. The van der Waals surface area contributed by atoms with Crippen LogP contribution < -0.4 is 15.6 Å². The van der Waals surface area contributed by atoms with Gasteiger partial charge in [0.25, 0.3) is 0 Å². The van der Waals surface area contributed by atoms with Gasteiger partial charge in [-0.25, -0.2) is 4.79 Å². The third-order valence-corrected chi connectivity index (χ3v) is 7.20. The molecule has 0 bridgehead atoms. The highest BCUT2D eigenvalue weighted by atomic mass is 16.4. The molecule has 6 nitrogen and oxygen atoms in total. The van der Waals surface area contributed by atoms with Gasteiger partial charge in [-0.2, -0.15) is 0 Å². The highest BCUT2D eigenvalue weighted by Gasteiger charge is 2.42. The molecule has 1 saturated heterocycles. The standard InChI is InChI=1S/C30H30N2O4/c1-18-14-23(20(3)31-25-13-9-8-12-22(25)29(34)35)27-24(15-18)26(33)19(2)28(36-27)32-16-30(4,17-32)21-10-6-5-7-11-21/h5-15,20,31H,16-17H2,1-4H3,(H,34,35)/t20-/m1/s1. The van der Waals surface area contributed by atoms with Crippen molar-refractivity contribution in [1.29, 1.82) is 0 Å². The van der Waals surface area contributed by atoms with Gasteiger partial charge in [0.15, 0.2) is 5.43 Å². The van der Waals surface area contributed by atoms with E-state index in [-0.39, 0.29) is 22.4 Å². The first kappa shape index (κ1) is 23.7. The van der Waals surface area contributed by atoms with Gasteiger partial charge in [-0.1, -0.05) is 55.5 Å². The Morgan fingerprint density at radius 3 is 2.42 bits per heavy atom. The van der Waals surface area contributed by atoms with Crippen LogP contribution >= 0.6 is 0 Å². The third kappa shape index (κ3) is 4.02. The van der Waals surface area contributed by atoms with Gasteiger partial charge < -0.3 is 19.7 Å². The normalized spacial score (nSPS) is 15.4. The van der Waals surface area contributed by atoms with Gasteiger partial charge in [0, 0.05) is 29.8 Å². The molecule has 4 aromatic rings. The zero-order valence-corrected chi connectivity index (χ0v) is 21.0. The molecule has 1 aliphatic rings. The Bertz CT molecular complexity index is 1520. The molecule has 1 aromatic heterocycles. The SMILES string of the molecule is Cc1cc([C@@H](C)Nc2ccccc2C(=O)O)c2oc(N3CC(C)(c4ccccc4)C3)c(C)c(=O)c2c1. The van der Waals surface area contributed by atoms with E-state index in [1.54, 1.807) is 24.3 Å². The summed E-state index contributed by atoms with van der Waals surface area (Å²) < 4.78 is 6.50. The number of aromatic carboxylic acids is 1. The maximum atomic E-state index is 13.5. The molecule has 0 radical (unpaired) electrons. The molecule has 184 valence electrons. The molecular formula is C30H30N2O4. The van der Waals surface area contributed by atoms with Crippen LogP contribution in [0.2, 0.25) is 0 Å². The van der Waals surface area contributed by atoms with Gasteiger partial charge in [-0.15, -0.1) is 0 Å². The minimum atomic E-state index is -0.997. The third-order valence-electron chi connectivity index (χ3n) is 7.20. The van der Waals surface area contributed by atoms with Crippen LogP contribution in [0.15, 0.2) is 75.9 Å². The number of benzene rings is 3. The summed E-state index contributed by atoms with van der Waals surface area (Å²) in [5.41, 5.74) is 4.83. The number of rotatable bonds is 6. The molecule has 0 unspecified atom stereocenters. The van der Waals surface area contributed by atoms with Gasteiger partial charge in [-0.05, 0) is 50.1 Å². The number of carboxylic acids is 1. The number of aryl methyl sites for hydroxylation is 1. The highest BCUT2D eigenvalue weighted by molar-refractivity contribution is 5.94. The van der Waals surface area contributed by atoms with E-state index in [1.165, 1.54) is 5.56 Å². The second kappa shape index (κ2) is 8.86. The molecule has 5 rings (SSSR count). The molecule has 2 N–H and O–H groups in total. The van der Waals surface area contributed by atoms with Crippen molar-refractivity contribution in [1.82, 2.24) is 0 Å². The summed E-state index contributed by atoms with van der Waals surface area (Å²) in [6.07, 6.45) is 0. The number of para-hydroxylation sites is 1. The van der Waals surface area contributed by atoms with Crippen molar-refractivity contribution >= 4 is 28.5 Å². The Morgan fingerprint density at radius 1 is 1.06 bits per heavy atom. The molecule has 2 heterocycles. The Labute approximate surface area is 210 Å². The summed E-state index contributed by atoms with van der Waals surface area (Å²) in [6, 6.07) is 20.8. The minimum Gasteiger partial charge on any atom is -0.478 e. The lowest BCUT2D eigenvalue weighted by Gasteiger charge is -2.49. The number of anilines is 2. The topological polar surface area (TPSA) is 82.8 Å². The lowest BCUT2D eigenvalue weighted by molar-refractivity contribution is 0.0698. The maximum Gasteiger partial charge on any atom is 0.337 e. The van der Waals surface area contributed by atoms with E-state index in [4.69, 9.17) is 4.42 Å². The van der Waals surface area contributed by atoms with Gasteiger partial charge in [0.2, 0.25) is 5.88 Å². The molecule has 0 saturated carbocycles. The van der Waals surface area contributed by atoms with Crippen LogP contribution in [0.25, 0.3) is 11.0 Å². The average molecular weight is 483 g/mol.